The second kappa shape index (κ2) is 4.93. The van der Waals surface area contributed by atoms with Crippen molar-refractivity contribution in [3.63, 3.8) is 0 Å². The highest BCUT2D eigenvalue weighted by molar-refractivity contribution is 7.71. The van der Waals surface area contributed by atoms with Gasteiger partial charge < -0.3 is 20.1 Å². The van der Waals surface area contributed by atoms with E-state index >= 15 is 0 Å². The average molecular weight is 279 g/mol. The van der Waals surface area contributed by atoms with Crippen molar-refractivity contribution in [2.45, 2.75) is 39.0 Å². The maximum atomic E-state index is 9.35. The van der Waals surface area contributed by atoms with Crippen LogP contribution in [0.3, 0.4) is 0 Å². The highest BCUT2D eigenvalue weighted by Crippen LogP contribution is 2.33. The van der Waals surface area contributed by atoms with Crippen LogP contribution in [0.1, 0.15) is 30.5 Å². The van der Waals surface area contributed by atoms with Gasteiger partial charge in [0.2, 0.25) is 0 Å². The average Bonchev–Trinajstić information content (AvgIpc) is 2.34. The lowest BCUT2D eigenvalue weighted by molar-refractivity contribution is -0.0407. The number of fused-ring (bicyclic) bond motifs is 1. The van der Waals surface area contributed by atoms with Gasteiger partial charge in [0, 0.05) is 18.5 Å². The first-order valence-corrected chi connectivity index (χ1v) is 6.51. The van der Waals surface area contributed by atoms with Crippen molar-refractivity contribution in [2.75, 3.05) is 12.3 Å². The zero-order valence-electron chi connectivity index (χ0n) is 11.1. The van der Waals surface area contributed by atoms with Gasteiger partial charge in [0.15, 0.2) is 0 Å². The van der Waals surface area contributed by atoms with E-state index in [4.69, 9.17) is 27.8 Å². The number of aliphatic hydroxyl groups is 1. The first-order valence-electron chi connectivity index (χ1n) is 6.10. The number of aliphatic hydroxyl groups excluding tert-OH is 1. The summed E-state index contributed by atoms with van der Waals surface area (Å²) in [5, 5.41) is 18.4. The van der Waals surface area contributed by atoms with Crippen LogP contribution in [0, 0.1) is 16.0 Å². The quantitative estimate of drug-likeness (QED) is 0.802. The van der Waals surface area contributed by atoms with Gasteiger partial charge in [-0.3, -0.25) is 0 Å². The Bertz CT molecular complexity index is 614. The fraction of sp³-hybridized carbons (Fsp3) is 0.538. The molecule has 0 fully saturated rings. The molecule has 2 heterocycles. The Balaban J connectivity index is 2.72. The van der Waals surface area contributed by atoms with Gasteiger partial charge in [0.1, 0.15) is 16.5 Å². The first kappa shape index (κ1) is 14.0. The molecule has 1 aromatic heterocycles. The monoisotopic (exact) mass is 279 g/mol. The first-order chi connectivity index (χ1) is 8.91. The summed E-state index contributed by atoms with van der Waals surface area (Å²) in [6.45, 7) is 4.54. The molecule has 1 aliphatic rings. The molecular weight excluding hydrogens is 262 g/mol. The molecular formula is C13H17N3O2S. The normalized spacial score (nSPS) is 16.7. The van der Waals surface area contributed by atoms with Gasteiger partial charge in [-0.2, -0.15) is 5.26 Å². The number of nitriles is 1. The van der Waals surface area contributed by atoms with Crippen LogP contribution in [-0.2, 0) is 24.3 Å². The number of aromatic nitrogens is 1. The van der Waals surface area contributed by atoms with E-state index in [0.29, 0.717) is 29.0 Å². The molecule has 3 N–H and O–H groups in total. The molecule has 0 saturated heterocycles. The molecule has 0 radical (unpaired) electrons. The van der Waals surface area contributed by atoms with Gasteiger partial charge in [0.05, 0.1) is 24.4 Å². The Morgan fingerprint density at radius 3 is 2.79 bits per heavy atom. The lowest BCUT2D eigenvalue weighted by atomic mass is 9.89. The summed E-state index contributed by atoms with van der Waals surface area (Å²) >= 11 is 5.40. The number of nitrogen functional groups attached to an aromatic ring is 1. The van der Waals surface area contributed by atoms with Crippen molar-refractivity contribution in [2.24, 2.45) is 0 Å². The fourth-order valence-corrected chi connectivity index (χ4v) is 2.75. The van der Waals surface area contributed by atoms with Gasteiger partial charge in [-0.05, 0) is 19.4 Å². The van der Waals surface area contributed by atoms with Gasteiger partial charge in [-0.15, -0.1) is 0 Å². The van der Waals surface area contributed by atoms with Crippen molar-refractivity contribution in [3.05, 3.63) is 21.3 Å². The molecule has 6 heteroatoms. The Labute approximate surface area is 117 Å². The van der Waals surface area contributed by atoms with E-state index in [1.165, 1.54) is 0 Å². The Morgan fingerprint density at radius 2 is 2.21 bits per heavy atom. The molecule has 0 saturated carbocycles. The predicted octanol–water partition coefficient (Wildman–Crippen LogP) is 1.52. The van der Waals surface area contributed by atoms with Crippen molar-refractivity contribution in [1.29, 1.82) is 5.26 Å². The SMILES string of the molecule is CC1(C)Cc2c(C#N)c(N)n(CCO)c(=S)c2CO1. The molecule has 0 amide bonds. The Hall–Kier alpha value is -1.42. The van der Waals surface area contributed by atoms with Crippen LogP contribution in [0.4, 0.5) is 5.82 Å². The van der Waals surface area contributed by atoms with Crippen molar-refractivity contribution >= 4 is 18.0 Å². The number of anilines is 1. The molecule has 1 aliphatic heterocycles. The lowest BCUT2D eigenvalue weighted by Crippen LogP contribution is -2.34. The van der Waals surface area contributed by atoms with Crippen LogP contribution in [0.25, 0.3) is 0 Å². The summed E-state index contributed by atoms with van der Waals surface area (Å²) in [5.41, 5.74) is 7.87. The summed E-state index contributed by atoms with van der Waals surface area (Å²) in [6, 6.07) is 2.16. The van der Waals surface area contributed by atoms with Crippen LogP contribution in [0.15, 0.2) is 0 Å². The van der Waals surface area contributed by atoms with E-state index in [1.54, 1.807) is 4.57 Å². The fourth-order valence-electron chi connectivity index (χ4n) is 2.38. The largest absolute Gasteiger partial charge is 0.395 e. The van der Waals surface area contributed by atoms with Crippen molar-refractivity contribution in [1.82, 2.24) is 4.57 Å². The summed E-state index contributed by atoms with van der Waals surface area (Å²) < 4.78 is 7.91. The van der Waals surface area contributed by atoms with Crippen LogP contribution in [0.5, 0.6) is 0 Å². The topological polar surface area (TPSA) is 84.2 Å². The summed E-state index contributed by atoms with van der Waals surface area (Å²) in [6.07, 6.45) is 0.610. The van der Waals surface area contributed by atoms with Crippen LogP contribution in [0.2, 0.25) is 0 Å². The lowest BCUT2D eigenvalue weighted by Gasteiger charge is -2.33. The molecule has 2 rings (SSSR count). The van der Waals surface area contributed by atoms with Crippen LogP contribution < -0.4 is 5.73 Å². The Morgan fingerprint density at radius 1 is 1.53 bits per heavy atom. The third kappa shape index (κ3) is 2.37. The molecule has 0 atom stereocenters. The number of hydrogen-bond donors (Lipinski definition) is 2. The maximum absolute atomic E-state index is 9.35. The van der Waals surface area contributed by atoms with Crippen molar-refractivity contribution in [3.8, 4) is 6.07 Å². The minimum Gasteiger partial charge on any atom is -0.395 e. The maximum Gasteiger partial charge on any atom is 0.122 e. The number of ether oxygens (including phenoxy) is 1. The zero-order chi connectivity index (χ0) is 14.2. The van der Waals surface area contributed by atoms with E-state index in [0.717, 1.165) is 11.1 Å². The van der Waals surface area contributed by atoms with E-state index in [9.17, 15) is 5.26 Å². The minimum atomic E-state index is -0.323. The molecule has 0 bridgehead atoms. The Kier molecular flexibility index (Phi) is 3.63. The third-order valence-corrected chi connectivity index (χ3v) is 3.83. The smallest absolute Gasteiger partial charge is 0.122 e. The summed E-state index contributed by atoms with van der Waals surface area (Å²) in [4.78, 5) is 0. The number of pyridine rings is 1. The van der Waals surface area contributed by atoms with E-state index in [2.05, 4.69) is 6.07 Å². The number of hydrogen-bond acceptors (Lipinski definition) is 5. The van der Waals surface area contributed by atoms with Crippen LogP contribution >= 0.6 is 12.2 Å². The summed E-state index contributed by atoms with van der Waals surface area (Å²) in [7, 11) is 0. The highest BCUT2D eigenvalue weighted by Gasteiger charge is 2.30. The second-order valence-electron chi connectivity index (χ2n) is 5.23. The molecule has 102 valence electrons. The number of rotatable bonds is 2. The minimum absolute atomic E-state index is 0.0749. The standard InChI is InChI=1S/C13H17N3O2S/c1-13(2)5-8-9(6-14)11(15)16(3-4-17)12(19)10(8)7-18-13/h17H,3-5,7,15H2,1-2H3. The van der Waals surface area contributed by atoms with Crippen molar-refractivity contribution < 1.29 is 9.84 Å². The molecule has 0 aliphatic carbocycles. The number of nitrogens with zero attached hydrogens (tertiary/aromatic N) is 2. The van der Waals surface area contributed by atoms with Gasteiger partial charge in [-0.1, -0.05) is 12.2 Å². The molecule has 0 spiro atoms. The highest BCUT2D eigenvalue weighted by atomic mass is 32.1. The van der Waals surface area contributed by atoms with Gasteiger partial charge >= 0.3 is 0 Å². The zero-order valence-corrected chi connectivity index (χ0v) is 11.9. The summed E-state index contributed by atoms with van der Waals surface area (Å²) in [5.74, 6) is 0.331. The van der Waals surface area contributed by atoms with E-state index in [-0.39, 0.29) is 18.8 Å². The molecule has 19 heavy (non-hydrogen) atoms. The predicted molar refractivity (Wildman–Crippen MR) is 74.1 cm³/mol. The molecule has 5 nitrogen and oxygen atoms in total. The second-order valence-corrected chi connectivity index (χ2v) is 5.62. The van der Waals surface area contributed by atoms with Crippen LogP contribution in [-0.4, -0.2) is 21.9 Å². The molecule has 0 unspecified atom stereocenters. The molecule has 1 aromatic rings. The van der Waals surface area contributed by atoms with Gasteiger partial charge in [-0.25, -0.2) is 0 Å². The van der Waals surface area contributed by atoms with E-state index in [1.807, 2.05) is 13.8 Å². The van der Waals surface area contributed by atoms with E-state index < -0.39 is 0 Å². The number of nitrogens with two attached hydrogens (primary N) is 1. The molecule has 0 aromatic carbocycles. The van der Waals surface area contributed by atoms with Gasteiger partial charge in [0.25, 0.3) is 0 Å². The third-order valence-electron chi connectivity index (χ3n) is 3.36.